The lowest BCUT2D eigenvalue weighted by molar-refractivity contribution is -0.137. The number of aromatic amines is 1. The number of aryl methyl sites for hydroxylation is 2. The quantitative estimate of drug-likeness (QED) is 0.849. The molecule has 3 nitrogen and oxygen atoms in total. The van der Waals surface area contributed by atoms with Crippen LogP contribution >= 0.6 is 0 Å². The SMILES string of the molecule is Cc1[nH]cnc1CCCOc1ccc(C(F)(F)F)cc1. The minimum Gasteiger partial charge on any atom is -0.494 e. The minimum absolute atomic E-state index is 0.441. The number of nitrogens with one attached hydrogen (secondary N) is 1. The second kappa shape index (κ2) is 5.98. The zero-order chi connectivity index (χ0) is 14.6. The van der Waals surface area contributed by atoms with Crippen LogP contribution in [0.4, 0.5) is 13.2 Å². The van der Waals surface area contributed by atoms with Crippen molar-refractivity contribution in [3.63, 3.8) is 0 Å². The first-order chi connectivity index (χ1) is 9.47. The molecule has 108 valence electrons. The van der Waals surface area contributed by atoms with Crippen molar-refractivity contribution >= 4 is 0 Å². The molecule has 2 aromatic rings. The lowest BCUT2D eigenvalue weighted by Gasteiger charge is -2.09. The van der Waals surface area contributed by atoms with Crippen LogP contribution in [0, 0.1) is 6.92 Å². The molecular weight excluding hydrogens is 269 g/mol. The van der Waals surface area contributed by atoms with Crippen LogP contribution in [-0.2, 0) is 12.6 Å². The van der Waals surface area contributed by atoms with E-state index >= 15 is 0 Å². The van der Waals surface area contributed by atoms with E-state index < -0.39 is 11.7 Å². The van der Waals surface area contributed by atoms with E-state index in [0.717, 1.165) is 36.4 Å². The molecule has 0 atom stereocenters. The first-order valence-corrected chi connectivity index (χ1v) is 6.26. The molecule has 20 heavy (non-hydrogen) atoms. The number of alkyl halides is 3. The Bertz CT molecular complexity index is 546. The summed E-state index contributed by atoms with van der Waals surface area (Å²) in [5.74, 6) is 0.441. The van der Waals surface area contributed by atoms with E-state index in [0.29, 0.717) is 12.4 Å². The molecule has 0 unspecified atom stereocenters. The highest BCUT2D eigenvalue weighted by Crippen LogP contribution is 2.30. The highest BCUT2D eigenvalue weighted by molar-refractivity contribution is 5.28. The molecule has 0 aliphatic heterocycles. The fourth-order valence-corrected chi connectivity index (χ4v) is 1.81. The number of hydrogen-bond donors (Lipinski definition) is 1. The number of halogens is 3. The van der Waals surface area contributed by atoms with Crippen LogP contribution in [0.5, 0.6) is 5.75 Å². The van der Waals surface area contributed by atoms with Crippen LogP contribution in [0.25, 0.3) is 0 Å². The van der Waals surface area contributed by atoms with Gasteiger partial charge in [0.15, 0.2) is 0 Å². The Morgan fingerprint density at radius 3 is 2.45 bits per heavy atom. The monoisotopic (exact) mass is 284 g/mol. The Morgan fingerprint density at radius 2 is 1.90 bits per heavy atom. The fourth-order valence-electron chi connectivity index (χ4n) is 1.81. The normalized spacial score (nSPS) is 11.6. The summed E-state index contributed by atoms with van der Waals surface area (Å²) < 4.78 is 42.5. The molecule has 2 rings (SSSR count). The molecule has 1 N–H and O–H groups in total. The third-order valence-electron chi connectivity index (χ3n) is 2.94. The van der Waals surface area contributed by atoms with Gasteiger partial charge < -0.3 is 9.72 Å². The zero-order valence-corrected chi connectivity index (χ0v) is 11.0. The number of hydrogen-bond acceptors (Lipinski definition) is 2. The minimum atomic E-state index is -4.31. The maximum atomic E-state index is 12.4. The van der Waals surface area contributed by atoms with Gasteiger partial charge in [-0.15, -0.1) is 0 Å². The predicted molar refractivity (Wildman–Crippen MR) is 68.6 cm³/mol. The van der Waals surface area contributed by atoms with Crippen LogP contribution in [0.2, 0.25) is 0 Å². The van der Waals surface area contributed by atoms with Crippen LogP contribution < -0.4 is 4.74 Å². The molecule has 0 amide bonds. The summed E-state index contributed by atoms with van der Waals surface area (Å²) in [5, 5.41) is 0. The van der Waals surface area contributed by atoms with Gasteiger partial charge in [0, 0.05) is 5.69 Å². The average molecular weight is 284 g/mol. The van der Waals surface area contributed by atoms with E-state index in [-0.39, 0.29) is 0 Å². The molecule has 1 aromatic carbocycles. The maximum absolute atomic E-state index is 12.4. The van der Waals surface area contributed by atoms with Gasteiger partial charge in [-0.25, -0.2) is 4.98 Å². The van der Waals surface area contributed by atoms with Crippen molar-refractivity contribution < 1.29 is 17.9 Å². The molecule has 0 fully saturated rings. The van der Waals surface area contributed by atoms with E-state index in [1.807, 2.05) is 6.92 Å². The van der Waals surface area contributed by atoms with Gasteiger partial charge in [0.05, 0.1) is 24.2 Å². The third kappa shape index (κ3) is 3.76. The Balaban J connectivity index is 1.78. The Morgan fingerprint density at radius 1 is 1.20 bits per heavy atom. The molecule has 0 bridgehead atoms. The first-order valence-electron chi connectivity index (χ1n) is 6.26. The van der Waals surface area contributed by atoms with Crippen molar-refractivity contribution in [2.24, 2.45) is 0 Å². The Labute approximate surface area is 114 Å². The first kappa shape index (κ1) is 14.4. The lowest BCUT2D eigenvalue weighted by Crippen LogP contribution is -2.05. The molecule has 0 radical (unpaired) electrons. The topological polar surface area (TPSA) is 37.9 Å². The van der Waals surface area contributed by atoms with E-state index in [4.69, 9.17) is 4.74 Å². The lowest BCUT2D eigenvalue weighted by atomic mass is 10.2. The molecule has 0 aliphatic carbocycles. The van der Waals surface area contributed by atoms with Crippen LogP contribution in [0.1, 0.15) is 23.4 Å². The Kier molecular flexibility index (Phi) is 4.32. The van der Waals surface area contributed by atoms with Crippen LogP contribution in [0.3, 0.4) is 0 Å². The van der Waals surface area contributed by atoms with Gasteiger partial charge >= 0.3 is 6.18 Å². The number of ether oxygens (including phenoxy) is 1. The van der Waals surface area contributed by atoms with Crippen molar-refractivity contribution in [3.8, 4) is 5.75 Å². The molecule has 0 spiro atoms. The van der Waals surface area contributed by atoms with E-state index in [1.165, 1.54) is 12.1 Å². The van der Waals surface area contributed by atoms with Crippen molar-refractivity contribution in [1.82, 2.24) is 9.97 Å². The standard InChI is InChI=1S/C14H15F3N2O/c1-10-13(19-9-18-10)3-2-8-20-12-6-4-11(5-7-12)14(15,16)17/h4-7,9H,2-3,8H2,1H3,(H,18,19). The second-order valence-corrected chi connectivity index (χ2v) is 4.45. The van der Waals surface area contributed by atoms with Crippen molar-refractivity contribution in [3.05, 3.63) is 47.5 Å². The summed E-state index contributed by atoms with van der Waals surface area (Å²) in [6.07, 6.45) is -1.14. The summed E-state index contributed by atoms with van der Waals surface area (Å²) in [7, 11) is 0. The van der Waals surface area contributed by atoms with Gasteiger partial charge in [0.25, 0.3) is 0 Å². The molecule has 1 heterocycles. The summed E-state index contributed by atoms with van der Waals surface area (Å²) in [5.41, 5.74) is 1.34. The highest BCUT2D eigenvalue weighted by Gasteiger charge is 2.29. The number of benzene rings is 1. The molecule has 0 saturated heterocycles. The number of nitrogens with zero attached hydrogens (tertiary/aromatic N) is 1. The average Bonchev–Trinajstić information content (AvgIpc) is 2.80. The van der Waals surface area contributed by atoms with E-state index in [9.17, 15) is 13.2 Å². The molecule has 1 aromatic heterocycles. The predicted octanol–water partition coefficient (Wildman–Crippen LogP) is 3.75. The van der Waals surface area contributed by atoms with Crippen LogP contribution in [-0.4, -0.2) is 16.6 Å². The van der Waals surface area contributed by atoms with Gasteiger partial charge in [-0.1, -0.05) is 0 Å². The molecule has 0 saturated carbocycles. The van der Waals surface area contributed by atoms with E-state index in [1.54, 1.807) is 6.33 Å². The summed E-state index contributed by atoms with van der Waals surface area (Å²) >= 11 is 0. The van der Waals surface area contributed by atoms with Crippen molar-refractivity contribution in [2.75, 3.05) is 6.61 Å². The van der Waals surface area contributed by atoms with Crippen LogP contribution in [0.15, 0.2) is 30.6 Å². The van der Waals surface area contributed by atoms with Gasteiger partial charge in [-0.2, -0.15) is 13.2 Å². The van der Waals surface area contributed by atoms with Gasteiger partial charge in [0.1, 0.15) is 5.75 Å². The number of rotatable bonds is 5. The fraction of sp³-hybridized carbons (Fsp3) is 0.357. The third-order valence-corrected chi connectivity index (χ3v) is 2.94. The summed E-state index contributed by atoms with van der Waals surface area (Å²) in [6.45, 7) is 2.39. The number of imidazole rings is 1. The largest absolute Gasteiger partial charge is 0.494 e. The highest BCUT2D eigenvalue weighted by atomic mass is 19.4. The molecule has 0 aliphatic rings. The Hall–Kier alpha value is -1.98. The number of H-pyrrole nitrogens is 1. The van der Waals surface area contributed by atoms with E-state index in [2.05, 4.69) is 9.97 Å². The van der Waals surface area contributed by atoms with Crippen molar-refractivity contribution in [1.29, 1.82) is 0 Å². The summed E-state index contributed by atoms with van der Waals surface area (Å²) in [6, 6.07) is 4.71. The maximum Gasteiger partial charge on any atom is 0.416 e. The second-order valence-electron chi connectivity index (χ2n) is 4.45. The smallest absolute Gasteiger partial charge is 0.416 e. The van der Waals surface area contributed by atoms with Gasteiger partial charge in [-0.3, -0.25) is 0 Å². The summed E-state index contributed by atoms with van der Waals surface area (Å²) in [4.78, 5) is 7.15. The number of aromatic nitrogens is 2. The van der Waals surface area contributed by atoms with Gasteiger partial charge in [0.2, 0.25) is 0 Å². The van der Waals surface area contributed by atoms with Crippen molar-refractivity contribution in [2.45, 2.75) is 25.9 Å². The molecule has 6 heteroatoms. The van der Waals surface area contributed by atoms with Gasteiger partial charge in [-0.05, 0) is 44.0 Å². The zero-order valence-electron chi connectivity index (χ0n) is 11.0. The molecular formula is C14H15F3N2O.